The summed E-state index contributed by atoms with van der Waals surface area (Å²) in [6.45, 7) is 2.06. The lowest BCUT2D eigenvalue weighted by molar-refractivity contribution is 0.128. The number of anilines is 1. The first-order valence-electron chi connectivity index (χ1n) is 7.64. The second-order valence-electron chi connectivity index (χ2n) is 6.12. The molecule has 2 aliphatic carbocycles. The predicted molar refractivity (Wildman–Crippen MR) is 76.7 cm³/mol. The molecule has 0 spiro atoms. The van der Waals surface area contributed by atoms with Crippen LogP contribution in [0.2, 0.25) is 0 Å². The van der Waals surface area contributed by atoms with Gasteiger partial charge in [-0.15, -0.1) is 0 Å². The van der Waals surface area contributed by atoms with Crippen LogP contribution in [0, 0.1) is 5.92 Å². The number of hydrogen-bond acceptors (Lipinski definition) is 5. The molecular weight excluding hydrogens is 254 g/mol. The molecule has 110 valence electrons. The van der Waals surface area contributed by atoms with E-state index in [0.717, 1.165) is 12.2 Å². The molecule has 2 saturated carbocycles. The molecule has 20 heavy (non-hydrogen) atoms. The van der Waals surface area contributed by atoms with E-state index in [-0.39, 0.29) is 12.2 Å². The molecule has 3 atom stereocenters. The zero-order valence-electron chi connectivity index (χ0n) is 12.0. The van der Waals surface area contributed by atoms with Crippen LogP contribution < -0.4 is 10.1 Å². The Balaban J connectivity index is 1.59. The highest BCUT2D eigenvalue weighted by Crippen LogP contribution is 2.29. The number of aliphatic hydroxyl groups is 1. The quantitative estimate of drug-likeness (QED) is 0.884. The van der Waals surface area contributed by atoms with Crippen LogP contribution in [0.4, 0.5) is 5.82 Å². The molecule has 0 unspecified atom stereocenters. The van der Waals surface area contributed by atoms with Crippen LogP contribution in [0.3, 0.4) is 0 Å². The Hall–Kier alpha value is -1.36. The van der Waals surface area contributed by atoms with Gasteiger partial charge in [-0.2, -0.15) is 0 Å². The van der Waals surface area contributed by atoms with Crippen LogP contribution in [0.25, 0.3) is 0 Å². The normalized spacial score (nSPS) is 30.6. The zero-order valence-corrected chi connectivity index (χ0v) is 12.0. The van der Waals surface area contributed by atoms with Crippen molar-refractivity contribution in [2.24, 2.45) is 5.92 Å². The van der Waals surface area contributed by atoms with Gasteiger partial charge in [0.15, 0.2) is 0 Å². The van der Waals surface area contributed by atoms with Crippen molar-refractivity contribution >= 4 is 5.82 Å². The minimum absolute atomic E-state index is 0.0641. The highest BCUT2D eigenvalue weighted by Gasteiger charge is 2.31. The maximum Gasteiger partial charge on any atom is 0.218 e. The monoisotopic (exact) mass is 277 g/mol. The second-order valence-corrected chi connectivity index (χ2v) is 6.12. The van der Waals surface area contributed by atoms with E-state index >= 15 is 0 Å². The van der Waals surface area contributed by atoms with Crippen LogP contribution in [-0.4, -0.2) is 33.3 Å². The van der Waals surface area contributed by atoms with Crippen molar-refractivity contribution in [2.75, 3.05) is 5.32 Å². The third kappa shape index (κ3) is 3.20. The highest BCUT2D eigenvalue weighted by atomic mass is 16.5. The van der Waals surface area contributed by atoms with Crippen molar-refractivity contribution in [1.29, 1.82) is 0 Å². The van der Waals surface area contributed by atoms with Crippen LogP contribution in [0.1, 0.15) is 45.4 Å². The van der Waals surface area contributed by atoms with Crippen LogP contribution >= 0.6 is 0 Å². The fourth-order valence-corrected chi connectivity index (χ4v) is 3.20. The highest BCUT2D eigenvalue weighted by molar-refractivity contribution is 5.38. The van der Waals surface area contributed by atoms with Gasteiger partial charge in [0.05, 0.1) is 6.10 Å². The number of aliphatic hydroxyl groups excluding tert-OH is 1. The van der Waals surface area contributed by atoms with Crippen molar-refractivity contribution < 1.29 is 9.84 Å². The summed E-state index contributed by atoms with van der Waals surface area (Å²) < 4.78 is 5.87. The first-order chi connectivity index (χ1) is 9.70. The van der Waals surface area contributed by atoms with E-state index in [9.17, 15) is 5.11 Å². The predicted octanol–water partition coefficient (Wildman–Crippen LogP) is 2.37. The smallest absolute Gasteiger partial charge is 0.218 e. The summed E-state index contributed by atoms with van der Waals surface area (Å²) in [5, 5.41) is 13.2. The maximum absolute atomic E-state index is 9.77. The lowest BCUT2D eigenvalue weighted by Crippen LogP contribution is -2.17. The topological polar surface area (TPSA) is 67.3 Å². The molecule has 3 rings (SSSR count). The van der Waals surface area contributed by atoms with Crippen molar-refractivity contribution in [2.45, 2.75) is 63.7 Å². The fraction of sp³-hybridized carbons (Fsp3) is 0.733. The van der Waals surface area contributed by atoms with Gasteiger partial charge in [0.25, 0.3) is 0 Å². The van der Waals surface area contributed by atoms with Crippen molar-refractivity contribution in [1.82, 2.24) is 9.97 Å². The largest absolute Gasteiger partial charge is 0.474 e. The Morgan fingerprint density at radius 1 is 1.25 bits per heavy atom. The first kappa shape index (κ1) is 13.6. The molecule has 0 amide bonds. The molecule has 0 aromatic carbocycles. The average Bonchev–Trinajstić information content (AvgIpc) is 3.01. The second kappa shape index (κ2) is 5.95. The Kier molecular flexibility index (Phi) is 4.05. The Morgan fingerprint density at radius 3 is 2.75 bits per heavy atom. The molecule has 0 aliphatic heterocycles. The number of nitrogens with zero attached hydrogens (tertiary/aromatic N) is 2. The summed E-state index contributed by atoms with van der Waals surface area (Å²) in [6.07, 6.45) is 7.95. The number of hydrogen-bond donors (Lipinski definition) is 2. The molecule has 0 saturated heterocycles. The van der Waals surface area contributed by atoms with Gasteiger partial charge >= 0.3 is 0 Å². The molecule has 1 heterocycles. The number of ether oxygens (including phenoxy) is 1. The average molecular weight is 277 g/mol. The minimum Gasteiger partial charge on any atom is -0.474 e. The van der Waals surface area contributed by atoms with Crippen molar-refractivity contribution in [3.05, 3.63) is 12.4 Å². The van der Waals surface area contributed by atoms with Gasteiger partial charge in [-0.1, -0.05) is 19.8 Å². The summed E-state index contributed by atoms with van der Waals surface area (Å²) in [5.41, 5.74) is 0. The number of aromatic nitrogens is 2. The minimum atomic E-state index is -0.252. The third-order valence-corrected chi connectivity index (χ3v) is 4.43. The standard InChI is InChI=1S/C15H23N3O2/c1-10-6-12(7-13(10)19)20-15-8-14(16-9-17-15)18-11-4-2-3-5-11/h8-13,19H,2-7H2,1H3,(H,16,17,18)/t10-,12+,13-/m0/s1. The summed E-state index contributed by atoms with van der Waals surface area (Å²) in [4.78, 5) is 8.43. The lowest BCUT2D eigenvalue weighted by Gasteiger charge is -2.15. The molecule has 2 aliphatic rings. The van der Waals surface area contributed by atoms with Crippen LogP contribution in [0.5, 0.6) is 5.88 Å². The van der Waals surface area contributed by atoms with Gasteiger partial charge in [0, 0.05) is 18.5 Å². The molecule has 0 radical (unpaired) electrons. The van der Waals surface area contributed by atoms with E-state index in [1.54, 1.807) is 6.33 Å². The molecule has 5 heteroatoms. The molecule has 1 aromatic heterocycles. The molecule has 2 N–H and O–H groups in total. The van der Waals surface area contributed by atoms with Crippen LogP contribution in [-0.2, 0) is 0 Å². The summed E-state index contributed by atoms with van der Waals surface area (Å²) in [6, 6.07) is 2.40. The van der Waals surface area contributed by atoms with Gasteiger partial charge in [-0.3, -0.25) is 0 Å². The van der Waals surface area contributed by atoms with Crippen molar-refractivity contribution in [3.63, 3.8) is 0 Å². The summed E-state index contributed by atoms with van der Waals surface area (Å²) >= 11 is 0. The van der Waals surface area contributed by atoms with Gasteiger partial charge in [-0.25, -0.2) is 9.97 Å². The van der Waals surface area contributed by atoms with E-state index in [1.807, 2.05) is 6.07 Å². The van der Waals surface area contributed by atoms with Gasteiger partial charge in [-0.05, 0) is 25.2 Å². The number of nitrogens with one attached hydrogen (secondary N) is 1. The molecule has 0 bridgehead atoms. The van der Waals surface area contributed by atoms with E-state index in [4.69, 9.17) is 4.74 Å². The maximum atomic E-state index is 9.77. The van der Waals surface area contributed by atoms with Gasteiger partial charge in [0.2, 0.25) is 5.88 Å². The Labute approximate surface area is 119 Å². The number of rotatable bonds is 4. The zero-order chi connectivity index (χ0) is 13.9. The van der Waals surface area contributed by atoms with Crippen LogP contribution in [0.15, 0.2) is 12.4 Å². The fourth-order valence-electron chi connectivity index (χ4n) is 3.20. The van der Waals surface area contributed by atoms with E-state index in [0.29, 0.717) is 24.3 Å². The van der Waals surface area contributed by atoms with E-state index < -0.39 is 0 Å². The van der Waals surface area contributed by atoms with E-state index in [2.05, 4.69) is 22.2 Å². The SMILES string of the molecule is C[C@H]1C[C@@H](Oc2cc(NC3CCCC3)ncn2)C[C@@H]1O. The molecule has 2 fully saturated rings. The summed E-state index contributed by atoms with van der Waals surface area (Å²) in [5.74, 6) is 1.75. The summed E-state index contributed by atoms with van der Waals surface area (Å²) in [7, 11) is 0. The molecule has 5 nitrogen and oxygen atoms in total. The van der Waals surface area contributed by atoms with Gasteiger partial charge in [0.1, 0.15) is 18.2 Å². The lowest BCUT2D eigenvalue weighted by atomic mass is 10.1. The Bertz CT molecular complexity index is 438. The first-order valence-corrected chi connectivity index (χ1v) is 7.64. The molecular formula is C15H23N3O2. The van der Waals surface area contributed by atoms with Crippen molar-refractivity contribution in [3.8, 4) is 5.88 Å². The third-order valence-electron chi connectivity index (χ3n) is 4.43. The molecule has 1 aromatic rings. The Morgan fingerprint density at radius 2 is 2.05 bits per heavy atom. The van der Waals surface area contributed by atoms with Gasteiger partial charge < -0.3 is 15.2 Å². The van der Waals surface area contributed by atoms with E-state index in [1.165, 1.54) is 25.7 Å².